The highest BCUT2D eigenvalue weighted by Crippen LogP contribution is 2.20. The number of halogens is 1. The topological polar surface area (TPSA) is 80.9 Å². The molecule has 1 aromatic rings. The maximum absolute atomic E-state index is 11.2. The van der Waals surface area contributed by atoms with Crippen LogP contribution in [0.15, 0.2) is 10.7 Å². The van der Waals surface area contributed by atoms with E-state index >= 15 is 0 Å². The number of nitrogens with one attached hydrogen (secondary N) is 1. The smallest absolute Gasteiger partial charge is 0.242 e. The standard InChI is InChI=1S/C11H17BrN4O/c1-6(2)9-14-7(12)5-8(15-9)16-11(3,4)10(13)17/h5-6H,1-4H3,(H2,13,17)(H,14,15,16). The number of amides is 1. The average Bonchev–Trinajstić information content (AvgIpc) is 2.15. The van der Waals surface area contributed by atoms with Crippen LogP contribution in [0.25, 0.3) is 0 Å². The molecule has 0 bridgehead atoms. The Morgan fingerprint density at radius 2 is 2.06 bits per heavy atom. The van der Waals surface area contributed by atoms with Crippen molar-refractivity contribution in [3.8, 4) is 0 Å². The first-order valence-corrected chi connectivity index (χ1v) is 6.14. The van der Waals surface area contributed by atoms with E-state index in [1.807, 2.05) is 13.8 Å². The van der Waals surface area contributed by atoms with Crippen molar-refractivity contribution in [2.75, 3.05) is 5.32 Å². The summed E-state index contributed by atoms with van der Waals surface area (Å²) in [5.41, 5.74) is 4.45. The van der Waals surface area contributed by atoms with Gasteiger partial charge in [-0.25, -0.2) is 9.97 Å². The first-order chi connectivity index (χ1) is 7.72. The number of hydrogen-bond donors (Lipinski definition) is 2. The molecule has 0 aliphatic heterocycles. The predicted octanol–water partition coefficient (Wildman–Crippen LogP) is 2.04. The summed E-state index contributed by atoms with van der Waals surface area (Å²) in [5.74, 6) is 1.07. The van der Waals surface area contributed by atoms with Crippen molar-refractivity contribution in [2.24, 2.45) is 5.73 Å². The molecule has 0 atom stereocenters. The molecule has 5 nitrogen and oxygen atoms in total. The van der Waals surface area contributed by atoms with Crippen LogP contribution in [0.5, 0.6) is 0 Å². The first-order valence-electron chi connectivity index (χ1n) is 5.35. The van der Waals surface area contributed by atoms with Gasteiger partial charge >= 0.3 is 0 Å². The fourth-order valence-electron chi connectivity index (χ4n) is 1.14. The fourth-order valence-corrected chi connectivity index (χ4v) is 1.54. The number of nitrogens with zero attached hydrogens (tertiary/aromatic N) is 2. The van der Waals surface area contributed by atoms with Gasteiger partial charge in [0.15, 0.2) is 0 Å². The number of hydrogen-bond acceptors (Lipinski definition) is 4. The number of aromatic nitrogens is 2. The Kier molecular flexibility index (Phi) is 4.08. The summed E-state index contributed by atoms with van der Waals surface area (Å²) in [6.07, 6.45) is 0. The lowest BCUT2D eigenvalue weighted by atomic mass is 10.1. The lowest BCUT2D eigenvalue weighted by Gasteiger charge is -2.23. The highest BCUT2D eigenvalue weighted by Gasteiger charge is 2.25. The van der Waals surface area contributed by atoms with E-state index in [2.05, 4.69) is 31.2 Å². The first kappa shape index (κ1) is 13.9. The zero-order valence-electron chi connectivity index (χ0n) is 10.4. The molecule has 17 heavy (non-hydrogen) atoms. The summed E-state index contributed by atoms with van der Waals surface area (Å²) in [4.78, 5) is 19.8. The molecule has 0 fully saturated rings. The Labute approximate surface area is 109 Å². The van der Waals surface area contributed by atoms with E-state index < -0.39 is 11.4 Å². The second kappa shape index (κ2) is 5.00. The Morgan fingerprint density at radius 1 is 1.47 bits per heavy atom. The minimum atomic E-state index is -0.845. The Balaban J connectivity index is 3.03. The molecule has 0 spiro atoms. The van der Waals surface area contributed by atoms with Crippen molar-refractivity contribution in [3.63, 3.8) is 0 Å². The highest BCUT2D eigenvalue weighted by atomic mass is 79.9. The molecule has 0 aliphatic carbocycles. The van der Waals surface area contributed by atoms with Crippen molar-refractivity contribution >= 4 is 27.7 Å². The summed E-state index contributed by atoms with van der Waals surface area (Å²) in [5, 5.41) is 3.00. The highest BCUT2D eigenvalue weighted by molar-refractivity contribution is 9.10. The van der Waals surface area contributed by atoms with E-state index in [-0.39, 0.29) is 5.92 Å². The van der Waals surface area contributed by atoms with Crippen LogP contribution < -0.4 is 11.1 Å². The molecule has 3 N–H and O–H groups in total. The SMILES string of the molecule is CC(C)c1nc(Br)cc(NC(C)(C)C(N)=O)n1. The summed E-state index contributed by atoms with van der Waals surface area (Å²) in [6.45, 7) is 7.43. The van der Waals surface area contributed by atoms with Gasteiger partial charge in [0.25, 0.3) is 0 Å². The molecule has 1 heterocycles. The van der Waals surface area contributed by atoms with E-state index in [0.717, 1.165) is 0 Å². The maximum Gasteiger partial charge on any atom is 0.242 e. The number of anilines is 1. The van der Waals surface area contributed by atoms with Gasteiger partial charge in [-0.1, -0.05) is 13.8 Å². The van der Waals surface area contributed by atoms with E-state index in [9.17, 15) is 4.79 Å². The minimum absolute atomic E-state index is 0.213. The molecule has 94 valence electrons. The van der Waals surface area contributed by atoms with Crippen molar-refractivity contribution in [1.29, 1.82) is 0 Å². The third-order valence-electron chi connectivity index (χ3n) is 2.29. The molecule has 1 amide bonds. The number of rotatable bonds is 4. The quantitative estimate of drug-likeness (QED) is 0.834. The molecule has 1 aromatic heterocycles. The number of primary amides is 1. The van der Waals surface area contributed by atoms with Gasteiger partial charge in [0.1, 0.15) is 21.8 Å². The van der Waals surface area contributed by atoms with Gasteiger partial charge in [-0.15, -0.1) is 0 Å². The number of carbonyl (C=O) groups is 1. The fraction of sp³-hybridized carbons (Fsp3) is 0.545. The van der Waals surface area contributed by atoms with Crippen LogP contribution in [0, 0.1) is 0 Å². The van der Waals surface area contributed by atoms with Crippen LogP contribution in [0.3, 0.4) is 0 Å². The van der Waals surface area contributed by atoms with E-state index in [4.69, 9.17) is 5.73 Å². The van der Waals surface area contributed by atoms with Crippen LogP contribution in [-0.2, 0) is 4.79 Å². The number of carbonyl (C=O) groups excluding carboxylic acids is 1. The van der Waals surface area contributed by atoms with Crippen molar-refractivity contribution in [2.45, 2.75) is 39.2 Å². The predicted molar refractivity (Wildman–Crippen MR) is 70.7 cm³/mol. The molecule has 0 saturated heterocycles. The summed E-state index contributed by atoms with van der Waals surface area (Å²) >= 11 is 3.32. The molecule has 0 radical (unpaired) electrons. The van der Waals surface area contributed by atoms with Gasteiger partial charge in [0, 0.05) is 12.0 Å². The maximum atomic E-state index is 11.2. The molecule has 0 aromatic carbocycles. The summed E-state index contributed by atoms with van der Waals surface area (Å²) in [6, 6.07) is 1.72. The van der Waals surface area contributed by atoms with Crippen LogP contribution in [-0.4, -0.2) is 21.4 Å². The van der Waals surface area contributed by atoms with E-state index in [1.54, 1.807) is 19.9 Å². The molecular weight excluding hydrogens is 284 g/mol. The zero-order valence-corrected chi connectivity index (χ0v) is 12.0. The summed E-state index contributed by atoms with van der Waals surface area (Å²) < 4.78 is 0.680. The largest absolute Gasteiger partial charge is 0.368 e. The lowest BCUT2D eigenvalue weighted by molar-refractivity contribution is -0.121. The van der Waals surface area contributed by atoms with Crippen LogP contribution >= 0.6 is 15.9 Å². The van der Waals surface area contributed by atoms with E-state index in [1.165, 1.54) is 0 Å². The Hall–Kier alpha value is -1.17. The van der Waals surface area contributed by atoms with E-state index in [0.29, 0.717) is 16.2 Å². The second-order valence-electron chi connectivity index (χ2n) is 4.70. The van der Waals surface area contributed by atoms with Crippen molar-refractivity contribution in [3.05, 3.63) is 16.5 Å². The molecule has 1 rings (SSSR count). The monoisotopic (exact) mass is 300 g/mol. The molecular formula is C11H17BrN4O. The normalized spacial score (nSPS) is 11.6. The van der Waals surface area contributed by atoms with Gasteiger partial charge in [-0.05, 0) is 29.8 Å². The van der Waals surface area contributed by atoms with Gasteiger partial charge in [0.05, 0.1) is 0 Å². The zero-order chi connectivity index (χ0) is 13.2. The molecule has 0 saturated carbocycles. The molecule has 0 aliphatic rings. The van der Waals surface area contributed by atoms with Crippen molar-refractivity contribution in [1.82, 2.24) is 9.97 Å². The molecule has 0 unspecified atom stereocenters. The number of nitrogens with two attached hydrogens (primary N) is 1. The van der Waals surface area contributed by atoms with Crippen LogP contribution in [0.2, 0.25) is 0 Å². The molecule has 6 heteroatoms. The van der Waals surface area contributed by atoms with Gasteiger partial charge in [0.2, 0.25) is 5.91 Å². The third-order valence-corrected chi connectivity index (χ3v) is 2.69. The minimum Gasteiger partial charge on any atom is -0.368 e. The Morgan fingerprint density at radius 3 is 2.53 bits per heavy atom. The van der Waals surface area contributed by atoms with Crippen LogP contribution in [0.1, 0.15) is 39.4 Å². The van der Waals surface area contributed by atoms with Gasteiger partial charge < -0.3 is 11.1 Å². The second-order valence-corrected chi connectivity index (χ2v) is 5.52. The lowest BCUT2D eigenvalue weighted by Crippen LogP contribution is -2.45. The van der Waals surface area contributed by atoms with Crippen LogP contribution in [0.4, 0.5) is 5.82 Å². The average molecular weight is 301 g/mol. The van der Waals surface area contributed by atoms with Crippen molar-refractivity contribution < 1.29 is 4.79 Å². The summed E-state index contributed by atoms with van der Waals surface area (Å²) in [7, 11) is 0. The third kappa shape index (κ3) is 3.66. The Bertz CT molecular complexity index is 431. The van der Waals surface area contributed by atoms with Gasteiger partial charge in [-0.3, -0.25) is 4.79 Å². The van der Waals surface area contributed by atoms with Gasteiger partial charge in [-0.2, -0.15) is 0 Å².